The minimum atomic E-state index is -1.45. The molecule has 1 heterocycles. The summed E-state index contributed by atoms with van der Waals surface area (Å²) < 4.78 is 11.3. The second kappa shape index (κ2) is 11.2. The predicted octanol–water partition coefficient (Wildman–Crippen LogP) is 3.36. The van der Waals surface area contributed by atoms with Gasteiger partial charge in [-0.05, 0) is 116 Å². The first kappa shape index (κ1) is 31.1. The van der Waals surface area contributed by atoms with E-state index in [9.17, 15) is 30.3 Å². The normalized spacial score (nSPS) is 52.6. The van der Waals surface area contributed by atoms with Crippen LogP contribution in [-0.4, -0.2) is 80.8 Å². The fourth-order valence-electron chi connectivity index (χ4n) is 11.3. The molecule has 0 amide bonds. The van der Waals surface area contributed by atoms with Gasteiger partial charge in [-0.25, -0.2) is 0 Å². The van der Waals surface area contributed by atoms with Gasteiger partial charge in [-0.2, -0.15) is 0 Å². The van der Waals surface area contributed by atoms with Crippen LogP contribution in [0.5, 0.6) is 0 Å². The summed E-state index contributed by atoms with van der Waals surface area (Å²) in [5.41, 5.74) is 1.18. The summed E-state index contributed by atoms with van der Waals surface area (Å²) in [6.07, 6.45) is 5.68. The van der Waals surface area contributed by atoms with Crippen LogP contribution < -0.4 is 0 Å². The molecule has 0 aromatic heterocycles. The number of ether oxygens (including phenoxy) is 2. The zero-order valence-electron chi connectivity index (χ0n) is 26.0. The average Bonchev–Trinajstić information content (AvgIpc) is 3.39. The Morgan fingerprint density at radius 1 is 1.07 bits per heavy atom. The molecule has 5 fully saturated rings. The zero-order chi connectivity index (χ0) is 30.2. The van der Waals surface area contributed by atoms with Crippen LogP contribution in [0.4, 0.5) is 0 Å². The lowest BCUT2D eigenvalue weighted by Gasteiger charge is -2.58. The monoisotopic (exact) mass is 590 g/mol. The molecule has 6 aliphatic rings. The molecule has 238 valence electrons. The Labute approximate surface area is 250 Å². The summed E-state index contributed by atoms with van der Waals surface area (Å²) in [5.74, 6) is 3.85. The highest BCUT2D eigenvalue weighted by atomic mass is 16.7. The highest BCUT2D eigenvalue weighted by Gasteiger charge is 2.66. The lowest BCUT2D eigenvalue weighted by Crippen LogP contribution is -2.59. The van der Waals surface area contributed by atoms with Crippen molar-refractivity contribution in [2.24, 2.45) is 52.3 Å². The third kappa shape index (κ3) is 4.87. The van der Waals surface area contributed by atoms with E-state index in [0.717, 1.165) is 31.6 Å². The van der Waals surface area contributed by atoms with Crippen molar-refractivity contribution >= 4 is 5.78 Å². The quantitative estimate of drug-likeness (QED) is 0.305. The van der Waals surface area contributed by atoms with E-state index in [4.69, 9.17) is 9.47 Å². The lowest BCUT2D eigenvalue weighted by atomic mass is 9.46. The van der Waals surface area contributed by atoms with E-state index < -0.39 is 42.9 Å². The maximum Gasteiger partial charge on any atom is 0.186 e. The molecule has 15 atom stereocenters. The third-order valence-electron chi connectivity index (χ3n) is 13.7. The van der Waals surface area contributed by atoms with Crippen LogP contribution in [0.15, 0.2) is 11.6 Å². The zero-order valence-corrected chi connectivity index (χ0v) is 26.0. The number of allylic oxidation sites excluding steroid dienone is 1. The van der Waals surface area contributed by atoms with E-state index in [0.29, 0.717) is 42.3 Å². The number of carbonyl (C=O) groups excluding carboxylic acids is 1. The van der Waals surface area contributed by atoms with Crippen LogP contribution in [0.25, 0.3) is 0 Å². The highest BCUT2D eigenvalue weighted by Crippen LogP contribution is 2.72. The largest absolute Gasteiger partial charge is 0.394 e. The van der Waals surface area contributed by atoms with Crippen LogP contribution in [-0.2, 0) is 14.3 Å². The SMILES string of the molecule is CC(CCC1(O)CC2CC3C4CCC5=CC(=O)CCC5(C)C4CCC3(C)C2C1C)COC1OC(CO)C(O)C(O)C1O. The van der Waals surface area contributed by atoms with Gasteiger partial charge in [0.2, 0.25) is 0 Å². The minimum absolute atomic E-state index is 0.0976. The number of hydrogen-bond donors (Lipinski definition) is 5. The molecule has 1 saturated heterocycles. The summed E-state index contributed by atoms with van der Waals surface area (Å²) in [5, 5.41) is 51.8. The predicted molar refractivity (Wildman–Crippen MR) is 156 cm³/mol. The van der Waals surface area contributed by atoms with Crippen LogP contribution in [0.1, 0.15) is 91.9 Å². The molecule has 0 aromatic carbocycles. The van der Waals surface area contributed by atoms with Crippen molar-refractivity contribution < 1.29 is 39.8 Å². The molecular weight excluding hydrogens is 536 g/mol. The molecule has 5 N–H and O–H groups in total. The number of rotatable bonds is 7. The van der Waals surface area contributed by atoms with Gasteiger partial charge in [0.1, 0.15) is 24.4 Å². The summed E-state index contributed by atoms with van der Waals surface area (Å²) in [4.78, 5) is 12.2. The van der Waals surface area contributed by atoms with Crippen LogP contribution in [0, 0.1) is 52.3 Å². The number of aliphatic hydroxyl groups excluding tert-OH is 4. The standard InChI is InChI=1S/C34H54O8/c1-18(17-41-31-30(39)29(38)28(37)26(16-35)42-31)7-12-34(40)15-20-13-25-23-6-5-21-14-22(36)8-10-32(21,3)24(23)9-11-33(25,4)27(20)19(34)2/h14,18-20,23-31,35,37-40H,5-13,15-17H2,1-4H3. The van der Waals surface area contributed by atoms with Gasteiger partial charge in [0.15, 0.2) is 12.1 Å². The molecule has 8 nitrogen and oxygen atoms in total. The Bertz CT molecular complexity index is 1060. The van der Waals surface area contributed by atoms with E-state index in [1.165, 1.54) is 31.3 Å². The molecule has 6 rings (SSSR count). The third-order valence-corrected chi connectivity index (χ3v) is 13.7. The number of fused-ring (bicyclic) bond motifs is 7. The Balaban J connectivity index is 1.06. The fourth-order valence-corrected chi connectivity index (χ4v) is 11.3. The average molecular weight is 591 g/mol. The van der Waals surface area contributed by atoms with Crippen LogP contribution in [0.2, 0.25) is 0 Å². The maximum atomic E-state index is 12.2. The number of carbonyl (C=O) groups is 1. The number of hydrogen-bond acceptors (Lipinski definition) is 8. The first-order chi connectivity index (χ1) is 19.8. The maximum absolute atomic E-state index is 12.2. The molecule has 15 unspecified atom stereocenters. The van der Waals surface area contributed by atoms with Gasteiger partial charge in [0.05, 0.1) is 18.8 Å². The van der Waals surface area contributed by atoms with Crippen molar-refractivity contribution in [2.75, 3.05) is 13.2 Å². The van der Waals surface area contributed by atoms with E-state index in [1.807, 2.05) is 6.08 Å². The highest BCUT2D eigenvalue weighted by molar-refractivity contribution is 5.91. The van der Waals surface area contributed by atoms with Gasteiger partial charge in [-0.1, -0.05) is 33.3 Å². The molecule has 8 heteroatoms. The molecule has 0 bridgehead atoms. The minimum Gasteiger partial charge on any atom is -0.394 e. The van der Waals surface area contributed by atoms with Crippen molar-refractivity contribution in [3.8, 4) is 0 Å². The molecule has 4 saturated carbocycles. The van der Waals surface area contributed by atoms with E-state index in [2.05, 4.69) is 27.7 Å². The molecular formula is C34H54O8. The number of ketones is 1. The second-order valence-corrected chi connectivity index (χ2v) is 15.8. The Kier molecular flexibility index (Phi) is 8.29. The van der Waals surface area contributed by atoms with Crippen LogP contribution in [0.3, 0.4) is 0 Å². The first-order valence-corrected chi connectivity index (χ1v) is 16.7. The number of aliphatic hydroxyl groups is 5. The summed E-state index contributed by atoms with van der Waals surface area (Å²) in [6, 6.07) is 0. The van der Waals surface area contributed by atoms with Crippen molar-refractivity contribution in [3.05, 3.63) is 11.6 Å². The van der Waals surface area contributed by atoms with Crippen molar-refractivity contribution in [1.29, 1.82) is 0 Å². The van der Waals surface area contributed by atoms with Gasteiger partial charge in [0.25, 0.3) is 0 Å². The van der Waals surface area contributed by atoms with E-state index in [1.54, 1.807) is 0 Å². The van der Waals surface area contributed by atoms with Crippen molar-refractivity contribution in [3.63, 3.8) is 0 Å². The second-order valence-electron chi connectivity index (χ2n) is 15.8. The summed E-state index contributed by atoms with van der Waals surface area (Å²) in [7, 11) is 0. The topological polar surface area (TPSA) is 137 Å². The Morgan fingerprint density at radius 2 is 1.83 bits per heavy atom. The summed E-state index contributed by atoms with van der Waals surface area (Å²) >= 11 is 0. The van der Waals surface area contributed by atoms with E-state index in [-0.39, 0.29) is 29.3 Å². The molecule has 0 radical (unpaired) electrons. The van der Waals surface area contributed by atoms with Gasteiger partial charge >= 0.3 is 0 Å². The Morgan fingerprint density at radius 3 is 2.57 bits per heavy atom. The van der Waals surface area contributed by atoms with Gasteiger partial charge in [-0.15, -0.1) is 0 Å². The molecule has 0 spiro atoms. The first-order valence-electron chi connectivity index (χ1n) is 16.7. The van der Waals surface area contributed by atoms with Crippen molar-refractivity contribution in [1.82, 2.24) is 0 Å². The van der Waals surface area contributed by atoms with Gasteiger partial charge in [0, 0.05) is 6.42 Å². The molecule has 0 aromatic rings. The summed E-state index contributed by atoms with van der Waals surface area (Å²) in [6.45, 7) is 9.13. The lowest BCUT2D eigenvalue weighted by molar-refractivity contribution is -0.303. The smallest absolute Gasteiger partial charge is 0.186 e. The van der Waals surface area contributed by atoms with Crippen LogP contribution >= 0.6 is 0 Å². The Hall–Kier alpha value is -0.870. The van der Waals surface area contributed by atoms with Gasteiger partial charge < -0.3 is 35.0 Å². The van der Waals surface area contributed by atoms with Gasteiger partial charge in [-0.3, -0.25) is 4.79 Å². The molecule has 5 aliphatic carbocycles. The van der Waals surface area contributed by atoms with E-state index >= 15 is 0 Å². The fraction of sp³-hybridized carbons (Fsp3) is 0.912. The molecule has 1 aliphatic heterocycles. The molecule has 42 heavy (non-hydrogen) atoms. The van der Waals surface area contributed by atoms with Crippen molar-refractivity contribution in [2.45, 2.75) is 128 Å².